The highest BCUT2D eigenvalue weighted by Crippen LogP contribution is 2.52. The predicted octanol–water partition coefficient (Wildman–Crippen LogP) is 21.1. The molecule has 8 heterocycles. The van der Waals surface area contributed by atoms with Gasteiger partial charge in [0.1, 0.15) is 46.0 Å². The number of fused-ring (bicyclic) bond motifs is 8. The number of aromatic nitrogens is 12. The zero-order chi connectivity index (χ0) is 94.0. The number of nitrogens with one attached hydrogen (secondary N) is 4. The van der Waals surface area contributed by atoms with E-state index in [0.29, 0.717) is 73.8 Å². The van der Waals surface area contributed by atoms with E-state index in [0.717, 1.165) is 216 Å². The largest absolute Gasteiger partial charge is 0.450 e. The number of alkyl carbamates (subject to hydrolysis) is 4. The Labute approximate surface area is 789 Å². The maximum atomic E-state index is 13.5. The SMILES string of the molecule is CCOC(=O)N[C@@H]1CC[C@@H]2[C@H](Cc3nnoc3[C@H]2/C=C/c2ccc(-c3cccc(F)c3)cn2)C1.CCOC(=O)N[C@@H]1CC[C@@H]2[C@H](Cc3nonc3[C@H]2/C=C/c2ccc(-c3cccc(F)c3)cn2)C1.CCOC(=O)N[C@@H]1CC[C@@H]2[C@H](Cc3nsnc3[C@H]2/C=C/c2ccc(-c3cccc(F)c3)cn2)C1.CCOC(=O)N[C@@H]1CC[C@@H]2[C@H](Cc3onnc3[C@H]2/C=C/c2ccc(-c3cccc(F)c3)cn2)C1. The molecule has 27 nitrogen and oxygen atoms in total. The molecule has 8 aromatic heterocycles. The Morgan fingerprint density at radius 3 is 1.09 bits per heavy atom. The quantitative estimate of drug-likeness (QED) is 0.0407. The summed E-state index contributed by atoms with van der Waals surface area (Å²) in [6.45, 7) is 8.69. The summed E-state index contributed by atoms with van der Waals surface area (Å²) in [6, 6.07) is 42.0. The molecule has 4 fully saturated rings. The lowest BCUT2D eigenvalue weighted by molar-refractivity contribution is 0.124. The fourth-order valence-electron chi connectivity index (χ4n) is 21.2. The van der Waals surface area contributed by atoms with Gasteiger partial charge in [-0.05, 0) is 291 Å². The number of amides is 4. The molecule has 16 atom stereocenters. The first kappa shape index (κ1) is 94.0. The monoisotopic (exact) mass is 1860 g/mol. The van der Waals surface area contributed by atoms with Gasteiger partial charge in [0.15, 0.2) is 11.5 Å². The lowest BCUT2D eigenvalue weighted by Gasteiger charge is -2.42. The number of hydrogen-bond donors (Lipinski definition) is 4. The number of nitrogens with zero attached hydrogens (tertiary/aromatic N) is 12. The first-order valence-electron chi connectivity index (χ1n) is 47.0. The Morgan fingerprint density at radius 1 is 0.368 bits per heavy atom. The van der Waals surface area contributed by atoms with Gasteiger partial charge in [0.05, 0.1) is 72.3 Å². The third kappa shape index (κ3) is 23.4. The standard InChI is InChI=1S/3C26H27FN4O3.C26H27FN4O2S/c1-2-33-26(32)29-21-9-10-22-18(13-21)14-24-25(30-31-34-24)23(22)11-8-20-7-6-17(15-28-20)16-4-3-5-19(27)12-16;1-2-33-26(32)29-21-9-10-22-18(13-21)14-24-25(34-31-30-24)23(22)11-8-20-7-6-17(15-28-20)16-4-3-5-19(27)12-16;2*1-2-33-26(32)29-21-9-10-22-18(13-21)14-24-25(31-34-30-24)23(22)11-8-20-7-6-17(15-28-20)16-4-3-5-19(27)12-16/h4*3-8,11-12,15,18,21-23H,2,9-10,13-14H2,1H3,(H,29,32)/b4*11-8+/t4*18-,21+,22+,23-/m0000/s1. The van der Waals surface area contributed by atoms with E-state index in [1.54, 1.807) is 69.8 Å². The van der Waals surface area contributed by atoms with Gasteiger partial charge in [-0.2, -0.15) is 8.75 Å². The summed E-state index contributed by atoms with van der Waals surface area (Å²) in [5, 5.41) is 36.5. The number of benzene rings is 4. The fraction of sp³-hybridized carbons (Fsp3) is 0.385. The highest BCUT2D eigenvalue weighted by Gasteiger charge is 2.47. The maximum Gasteiger partial charge on any atom is 0.407 e. The Hall–Kier alpha value is -13.8. The number of carbonyl (C=O) groups is 4. The molecule has 4 saturated carbocycles. The molecule has 0 spiro atoms. The van der Waals surface area contributed by atoms with Crippen LogP contribution in [0, 0.1) is 70.6 Å². The van der Waals surface area contributed by atoms with E-state index in [-0.39, 0.29) is 95.5 Å². The van der Waals surface area contributed by atoms with Crippen LogP contribution in [-0.4, -0.2) is 135 Å². The number of allylic oxidation sites excluding steroid dienone is 4. The zero-order valence-electron chi connectivity index (χ0n) is 75.9. The van der Waals surface area contributed by atoms with Gasteiger partial charge in [0.25, 0.3) is 0 Å². The van der Waals surface area contributed by atoms with Crippen LogP contribution in [0.4, 0.5) is 36.7 Å². The van der Waals surface area contributed by atoms with Crippen LogP contribution in [0.2, 0.25) is 0 Å². The van der Waals surface area contributed by atoms with Gasteiger partial charge in [-0.3, -0.25) is 19.9 Å². The molecule has 20 rings (SSSR count). The van der Waals surface area contributed by atoms with Crippen LogP contribution >= 0.6 is 11.7 Å². The number of rotatable bonds is 20. The number of hydrogen-bond acceptors (Lipinski definition) is 24. The third-order valence-corrected chi connectivity index (χ3v) is 28.1. The molecule has 4 aromatic carbocycles. The minimum absolute atomic E-state index is 0.0528. The summed E-state index contributed by atoms with van der Waals surface area (Å²) >= 11 is 1.28. The van der Waals surface area contributed by atoms with Crippen molar-refractivity contribution in [2.24, 2.45) is 47.3 Å². The molecule has 704 valence electrons. The minimum Gasteiger partial charge on any atom is -0.450 e. The molecular weight excluding hydrogens is 1760 g/mol. The second kappa shape index (κ2) is 44.6. The average molecular weight is 1870 g/mol. The molecule has 12 aromatic rings. The van der Waals surface area contributed by atoms with Crippen molar-refractivity contribution < 1.29 is 69.4 Å². The highest BCUT2D eigenvalue weighted by atomic mass is 32.1. The van der Waals surface area contributed by atoms with Crippen molar-refractivity contribution in [2.75, 3.05) is 26.4 Å². The molecule has 0 bridgehead atoms. The summed E-state index contributed by atoms with van der Waals surface area (Å²) in [6.07, 6.45) is 36.7. The van der Waals surface area contributed by atoms with E-state index < -0.39 is 0 Å². The van der Waals surface area contributed by atoms with Gasteiger partial charge in [0, 0.05) is 112 Å². The average Bonchev–Trinajstić information content (AvgIpc) is 1.55. The van der Waals surface area contributed by atoms with Crippen LogP contribution < -0.4 is 21.3 Å². The molecule has 8 aliphatic carbocycles. The molecule has 0 aliphatic heterocycles. The molecule has 136 heavy (non-hydrogen) atoms. The van der Waals surface area contributed by atoms with Crippen molar-refractivity contribution in [3.8, 4) is 44.5 Å². The molecule has 0 unspecified atom stereocenters. The van der Waals surface area contributed by atoms with Gasteiger partial charge < -0.3 is 49.3 Å². The van der Waals surface area contributed by atoms with E-state index in [1.165, 1.54) is 60.3 Å². The van der Waals surface area contributed by atoms with Gasteiger partial charge >= 0.3 is 24.4 Å². The Bertz CT molecular complexity index is 5450. The van der Waals surface area contributed by atoms with Crippen LogP contribution in [-0.2, 0) is 44.6 Å². The van der Waals surface area contributed by atoms with E-state index in [9.17, 15) is 36.7 Å². The molecule has 0 saturated heterocycles. The smallest absolute Gasteiger partial charge is 0.407 e. The minimum atomic E-state index is -0.354. The van der Waals surface area contributed by atoms with Crippen LogP contribution in [0.15, 0.2) is 208 Å². The molecule has 4 N–H and O–H groups in total. The summed E-state index contributed by atoms with van der Waals surface area (Å²) in [5.41, 5.74) is 15.7. The van der Waals surface area contributed by atoms with Crippen molar-refractivity contribution >= 4 is 60.4 Å². The van der Waals surface area contributed by atoms with Crippen molar-refractivity contribution in [1.29, 1.82) is 0 Å². The Morgan fingerprint density at radius 2 is 0.713 bits per heavy atom. The fourth-order valence-corrected chi connectivity index (χ4v) is 21.8. The molecular formula is C104H108F4N16O11S. The topological polar surface area (TPSA) is 347 Å². The zero-order valence-corrected chi connectivity index (χ0v) is 76.8. The van der Waals surface area contributed by atoms with Crippen molar-refractivity contribution in [3.63, 3.8) is 0 Å². The second-order valence-electron chi connectivity index (χ2n) is 35.8. The number of ether oxygens (including phenoxy) is 4. The number of halogens is 4. The molecule has 0 radical (unpaired) electrons. The van der Waals surface area contributed by atoms with E-state index >= 15 is 0 Å². The Balaban J connectivity index is 0.000000126. The maximum absolute atomic E-state index is 13.5. The second-order valence-corrected chi connectivity index (χ2v) is 36.4. The van der Waals surface area contributed by atoms with Crippen molar-refractivity contribution in [1.82, 2.24) is 81.0 Å². The normalized spacial score (nSPS) is 23.8. The van der Waals surface area contributed by atoms with Crippen molar-refractivity contribution in [3.05, 3.63) is 286 Å². The summed E-state index contributed by atoms with van der Waals surface area (Å²) in [4.78, 5) is 65.7. The molecule has 32 heteroatoms. The van der Waals surface area contributed by atoms with Crippen LogP contribution in [0.5, 0.6) is 0 Å². The first-order valence-corrected chi connectivity index (χ1v) is 47.7. The van der Waals surface area contributed by atoms with Gasteiger partial charge in [-0.15, -0.1) is 10.2 Å². The number of carbonyl (C=O) groups excluding carboxylic acids is 4. The van der Waals surface area contributed by atoms with Crippen molar-refractivity contribution in [2.45, 2.75) is 178 Å². The summed E-state index contributed by atoms with van der Waals surface area (Å²) in [5.74, 6) is 4.15. The van der Waals surface area contributed by atoms with Crippen LogP contribution in [0.25, 0.3) is 68.8 Å². The predicted molar refractivity (Wildman–Crippen MR) is 502 cm³/mol. The first-order chi connectivity index (χ1) is 66.4. The highest BCUT2D eigenvalue weighted by molar-refractivity contribution is 6.99. The summed E-state index contributed by atoms with van der Waals surface area (Å²) < 4.78 is 99.7. The van der Waals surface area contributed by atoms with Gasteiger partial charge in [-0.25, -0.2) is 41.4 Å². The van der Waals surface area contributed by atoms with E-state index in [1.807, 2.05) is 97.9 Å². The molecule has 8 aliphatic rings. The number of pyridine rings is 4. The lowest BCUT2D eigenvalue weighted by atomic mass is 9.64. The third-order valence-electron chi connectivity index (χ3n) is 27.5. The van der Waals surface area contributed by atoms with E-state index in [4.69, 9.17) is 32.6 Å². The molecule has 4 amide bonds. The summed E-state index contributed by atoms with van der Waals surface area (Å²) in [7, 11) is 0. The van der Waals surface area contributed by atoms with E-state index in [2.05, 4.69) is 111 Å². The van der Waals surface area contributed by atoms with Crippen LogP contribution in [0.3, 0.4) is 0 Å². The Kier molecular flexibility index (Phi) is 30.8. The van der Waals surface area contributed by atoms with Gasteiger partial charge in [-0.1, -0.05) is 107 Å². The van der Waals surface area contributed by atoms with Gasteiger partial charge in [0.2, 0.25) is 0 Å². The lowest BCUT2D eigenvalue weighted by Crippen LogP contribution is -2.44. The van der Waals surface area contributed by atoms with Crippen LogP contribution in [0.1, 0.15) is 197 Å².